The molecule has 1 atom stereocenters. The monoisotopic (exact) mass is 444 g/mol. The van der Waals surface area contributed by atoms with Gasteiger partial charge in [0.05, 0.1) is 4.90 Å². The second-order valence-electron chi connectivity index (χ2n) is 6.52. The van der Waals surface area contributed by atoms with Crippen LogP contribution in [0.4, 0.5) is 8.78 Å². The summed E-state index contributed by atoms with van der Waals surface area (Å²) < 4.78 is 58.5. The van der Waals surface area contributed by atoms with Gasteiger partial charge >= 0.3 is 0 Å². The standard InChI is InChI=1S/C19H19ClF2N2O4S/c1-13(28-15-4-2-14(20)3-5-15)19(25)23-8-10-24(11-9-23)29(26,27)16-6-7-17(21)18(22)12-16/h2-7,12-13H,8-11H2,1H3. The number of rotatable bonds is 5. The van der Waals surface area contributed by atoms with Crippen LogP contribution in [0.2, 0.25) is 5.02 Å². The highest BCUT2D eigenvalue weighted by Gasteiger charge is 2.32. The normalized spacial score (nSPS) is 16.5. The van der Waals surface area contributed by atoms with E-state index >= 15 is 0 Å². The third-order valence-corrected chi connectivity index (χ3v) is 6.70. The number of ether oxygens (including phenoxy) is 1. The molecule has 1 heterocycles. The van der Waals surface area contributed by atoms with Gasteiger partial charge in [0.1, 0.15) is 5.75 Å². The summed E-state index contributed by atoms with van der Waals surface area (Å²) in [6.07, 6.45) is -0.759. The van der Waals surface area contributed by atoms with Crippen LogP contribution in [0.1, 0.15) is 6.92 Å². The zero-order valence-corrected chi connectivity index (χ0v) is 17.1. The Balaban J connectivity index is 1.61. The molecule has 0 saturated carbocycles. The van der Waals surface area contributed by atoms with E-state index in [1.807, 2.05) is 0 Å². The molecule has 1 amide bonds. The molecule has 2 aromatic carbocycles. The quantitative estimate of drug-likeness (QED) is 0.711. The molecule has 1 aliphatic heterocycles. The van der Waals surface area contributed by atoms with Gasteiger partial charge in [-0.1, -0.05) is 11.6 Å². The minimum atomic E-state index is -3.98. The molecule has 0 spiro atoms. The molecule has 3 rings (SSSR count). The molecule has 10 heteroatoms. The van der Waals surface area contributed by atoms with Gasteiger partial charge in [-0.15, -0.1) is 0 Å². The smallest absolute Gasteiger partial charge is 0.263 e. The Labute approximate surface area is 172 Å². The Hall–Kier alpha value is -2.23. The van der Waals surface area contributed by atoms with Crippen LogP contribution in [0.3, 0.4) is 0 Å². The van der Waals surface area contributed by atoms with Gasteiger partial charge < -0.3 is 9.64 Å². The average molecular weight is 445 g/mol. The number of sulfonamides is 1. The van der Waals surface area contributed by atoms with Gasteiger partial charge in [-0.2, -0.15) is 4.31 Å². The summed E-state index contributed by atoms with van der Waals surface area (Å²) in [4.78, 5) is 13.8. The minimum absolute atomic E-state index is 0.0424. The number of carbonyl (C=O) groups is 1. The van der Waals surface area contributed by atoms with Crippen LogP contribution in [0, 0.1) is 11.6 Å². The Bertz CT molecular complexity index is 994. The summed E-state index contributed by atoms with van der Waals surface area (Å²) in [6.45, 7) is 2.02. The molecule has 1 fully saturated rings. The number of halogens is 3. The van der Waals surface area contributed by atoms with Crippen molar-refractivity contribution in [2.24, 2.45) is 0 Å². The van der Waals surface area contributed by atoms with E-state index in [4.69, 9.17) is 16.3 Å². The van der Waals surface area contributed by atoms with Gasteiger partial charge in [-0.05, 0) is 49.4 Å². The first-order valence-corrected chi connectivity index (χ1v) is 10.7. The Morgan fingerprint density at radius 1 is 1.03 bits per heavy atom. The fourth-order valence-corrected chi connectivity index (χ4v) is 4.52. The van der Waals surface area contributed by atoms with E-state index in [-0.39, 0.29) is 37.0 Å². The van der Waals surface area contributed by atoms with Crippen molar-refractivity contribution < 1.29 is 26.7 Å². The maximum Gasteiger partial charge on any atom is 0.263 e. The van der Waals surface area contributed by atoms with Gasteiger partial charge in [-0.3, -0.25) is 4.79 Å². The lowest BCUT2D eigenvalue weighted by atomic mass is 10.2. The van der Waals surface area contributed by atoms with Crippen LogP contribution < -0.4 is 4.74 Å². The fraction of sp³-hybridized carbons (Fsp3) is 0.316. The number of hydrogen-bond donors (Lipinski definition) is 0. The van der Waals surface area contributed by atoms with Crippen molar-refractivity contribution in [1.82, 2.24) is 9.21 Å². The van der Waals surface area contributed by atoms with E-state index in [9.17, 15) is 22.0 Å². The zero-order valence-electron chi connectivity index (χ0n) is 15.5. The van der Waals surface area contributed by atoms with Gasteiger partial charge in [0.15, 0.2) is 17.7 Å². The topological polar surface area (TPSA) is 66.9 Å². The number of carbonyl (C=O) groups excluding carboxylic acids is 1. The number of benzene rings is 2. The lowest BCUT2D eigenvalue weighted by Gasteiger charge is -2.35. The molecule has 0 aromatic heterocycles. The first-order chi connectivity index (χ1) is 13.7. The Kier molecular flexibility index (Phi) is 6.40. The van der Waals surface area contributed by atoms with Crippen LogP contribution in [0.25, 0.3) is 0 Å². The molecule has 0 radical (unpaired) electrons. The molecule has 0 aliphatic carbocycles. The largest absolute Gasteiger partial charge is 0.481 e. The molecule has 6 nitrogen and oxygen atoms in total. The summed E-state index contributed by atoms with van der Waals surface area (Å²) in [5.41, 5.74) is 0. The van der Waals surface area contributed by atoms with Crippen molar-refractivity contribution in [3.8, 4) is 5.75 Å². The summed E-state index contributed by atoms with van der Waals surface area (Å²) >= 11 is 5.82. The molecule has 1 aliphatic rings. The van der Waals surface area contributed by atoms with Gasteiger partial charge in [-0.25, -0.2) is 17.2 Å². The van der Waals surface area contributed by atoms with E-state index in [0.717, 1.165) is 16.4 Å². The van der Waals surface area contributed by atoms with E-state index in [2.05, 4.69) is 0 Å². The van der Waals surface area contributed by atoms with E-state index in [1.165, 1.54) is 4.90 Å². The third-order valence-electron chi connectivity index (χ3n) is 4.55. The maximum absolute atomic E-state index is 13.4. The fourth-order valence-electron chi connectivity index (χ4n) is 2.96. The predicted molar refractivity (Wildman–Crippen MR) is 103 cm³/mol. The second kappa shape index (κ2) is 8.64. The van der Waals surface area contributed by atoms with Gasteiger partial charge in [0.25, 0.3) is 5.91 Å². The summed E-state index contributed by atoms with van der Waals surface area (Å²) in [6, 6.07) is 9.05. The van der Waals surface area contributed by atoms with Crippen molar-refractivity contribution in [1.29, 1.82) is 0 Å². The van der Waals surface area contributed by atoms with Crippen molar-refractivity contribution in [3.63, 3.8) is 0 Å². The van der Waals surface area contributed by atoms with Crippen LogP contribution in [-0.4, -0.2) is 55.8 Å². The first kappa shape index (κ1) is 21.5. The van der Waals surface area contributed by atoms with Gasteiger partial charge in [0, 0.05) is 31.2 Å². The lowest BCUT2D eigenvalue weighted by Crippen LogP contribution is -2.53. The molecular weight excluding hydrogens is 426 g/mol. The highest BCUT2D eigenvalue weighted by Crippen LogP contribution is 2.21. The Morgan fingerprint density at radius 3 is 2.24 bits per heavy atom. The van der Waals surface area contributed by atoms with Crippen molar-refractivity contribution in [3.05, 3.63) is 59.1 Å². The van der Waals surface area contributed by atoms with Crippen molar-refractivity contribution in [2.75, 3.05) is 26.2 Å². The Morgan fingerprint density at radius 2 is 1.66 bits per heavy atom. The van der Waals surface area contributed by atoms with E-state index in [1.54, 1.807) is 31.2 Å². The van der Waals surface area contributed by atoms with Crippen LogP contribution in [0.5, 0.6) is 5.75 Å². The van der Waals surface area contributed by atoms with Crippen LogP contribution >= 0.6 is 11.6 Å². The molecule has 156 valence electrons. The molecule has 1 unspecified atom stereocenters. The molecule has 0 N–H and O–H groups in total. The van der Waals surface area contributed by atoms with E-state index in [0.29, 0.717) is 16.8 Å². The number of nitrogens with zero attached hydrogens (tertiary/aromatic N) is 2. The van der Waals surface area contributed by atoms with Crippen molar-refractivity contribution >= 4 is 27.5 Å². The highest BCUT2D eigenvalue weighted by atomic mass is 35.5. The van der Waals surface area contributed by atoms with E-state index < -0.39 is 27.8 Å². The average Bonchev–Trinajstić information content (AvgIpc) is 2.71. The van der Waals surface area contributed by atoms with Gasteiger partial charge in [0.2, 0.25) is 10.0 Å². The first-order valence-electron chi connectivity index (χ1n) is 8.84. The number of hydrogen-bond acceptors (Lipinski definition) is 4. The number of amides is 1. The van der Waals surface area contributed by atoms with Crippen molar-refractivity contribution in [2.45, 2.75) is 17.9 Å². The molecule has 2 aromatic rings. The highest BCUT2D eigenvalue weighted by molar-refractivity contribution is 7.89. The second-order valence-corrected chi connectivity index (χ2v) is 8.89. The zero-order chi connectivity index (χ0) is 21.2. The molecule has 0 bridgehead atoms. The van der Waals surface area contributed by atoms with Crippen LogP contribution in [0.15, 0.2) is 47.4 Å². The minimum Gasteiger partial charge on any atom is -0.481 e. The molecule has 29 heavy (non-hydrogen) atoms. The maximum atomic E-state index is 13.4. The van der Waals surface area contributed by atoms with Crippen LogP contribution in [-0.2, 0) is 14.8 Å². The molecule has 1 saturated heterocycles. The summed E-state index contributed by atoms with van der Waals surface area (Å²) in [7, 11) is -3.98. The molecular formula is C19H19ClF2N2O4S. The lowest BCUT2D eigenvalue weighted by molar-refractivity contribution is -0.139. The summed E-state index contributed by atoms with van der Waals surface area (Å²) in [5.74, 6) is -2.12. The predicted octanol–water partition coefficient (Wildman–Crippen LogP) is 2.92. The summed E-state index contributed by atoms with van der Waals surface area (Å²) in [5, 5.41) is 0.551. The third kappa shape index (κ3) is 4.85. The number of piperazine rings is 1. The SMILES string of the molecule is CC(Oc1ccc(Cl)cc1)C(=O)N1CCN(S(=O)(=O)c2ccc(F)c(F)c2)CC1.